The number of hydrogen-bond acceptors (Lipinski definition) is 3. The Labute approximate surface area is 99.0 Å². The summed E-state index contributed by atoms with van der Waals surface area (Å²) < 4.78 is 42.0. The van der Waals surface area contributed by atoms with Gasteiger partial charge in [0, 0.05) is 0 Å². The highest BCUT2D eigenvalue weighted by Gasteiger charge is 2.38. The number of aliphatic carboxylic acids is 1. The van der Waals surface area contributed by atoms with Gasteiger partial charge in [0.25, 0.3) is 0 Å². The third-order valence-corrected chi connectivity index (χ3v) is 2.63. The van der Waals surface area contributed by atoms with Crippen LogP contribution in [0, 0.1) is 0 Å². The van der Waals surface area contributed by atoms with Crippen molar-refractivity contribution in [1.29, 1.82) is 0 Å². The van der Waals surface area contributed by atoms with Crippen molar-refractivity contribution in [2.45, 2.75) is 19.0 Å². The Morgan fingerprint density at radius 1 is 1.44 bits per heavy atom. The van der Waals surface area contributed by atoms with E-state index in [1.54, 1.807) is 0 Å². The molecule has 1 N–H and O–H groups in total. The van der Waals surface area contributed by atoms with Crippen LogP contribution in [0.25, 0.3) is 10.9 Å². The van der Waals surface area contributed by atoms with Crippen molar-refractivity contribution in [2.24, 2.45) is 0 Å². The zero-order valence-electron chi connectivity index (χ0n) is 9.15. The molecule has 1 unspecified atom stereocenters. The molecule has 0 fully saturated rings. The lowest BCUT2D eigenvalue weighted by atomic mass is 9.99. The Hall–Kier alpha value is -2.05. The standard InChI is InChI=1S/C11H8F3NO3/c1-5(10(16)17)6-2-3-8-7(4-6)9(18-15-8)11(12,13)14/h2-5H,1H3,(H,16,17). The van der Waals surface area contributed by atoms with E-state index in [2.05, 4.69) is 9.68 Å². The second-order valence-corrected chi connectivity index (χ2v) is 3.85. The van der Waals surface area contributed by atoms with Crippen LogP contribution >= 0.6 is 0 Å². The van der Waals surface area contributed by atoms with Crippen molar-refractivity contribution in [2.75, 3.05) is 0 Å². The van der Waals surface area contributed by atoms with Crippen molar-refractivity contribution in [1.82, 2.24) is 5.16 Å². The highest BCUT2D eigenvalue weighted by molar-refractivity contribution is 5.84. The molecule has 1 aromatic carbocycles. The van der Waals surface area contributed by atoms with Crippen LogP contribution in [-0.4, -0.2) is 16.2 Å². The molecule has 0 aliphatic heterocycles. The van der Waals surface area contributed by atoms with E-state index < -0.39 is 23.8 Å². The van der Waals surface area contributed by atoms with Crippen molar-refractivity contribution in [3.8, 4) is 0 Å². The van der Waals surface area contributed by atoms with E-state index in [1.807, 2.05) is 0 Å². The summed E-state index contributed by atoms with van der Waals surface area (Å²) >= 11 is 0. The predicted molar refractivity (Wildman–Crippen MR) is 55.1 cm³/mol. The predicted octanol–water partition coefficient (Wildman–Crippen LogP) is 3.03. The van der Waals surface area contributed by atoms with E-state index in [-0.39, 0.29) is 16.5 Å². The maximum absolute atomic E-state index is 12.6. The van der Waals surface area contributed by atoms with Crippen LogP contribution in [0.2, 0.25) is 0 Å². The fourth-order valence-electron chi connectivity index (χ4n) is 1.58. The molecular weight excluding hydrogens is 251 g/mol. The largest absolute Gasteiger partial charge is 0.481 e. The van der Waals surface area contributed by atoms with Crippen molar-refractivity contribution >= 4 is 16.9 Å². The van der Waals surface area contributed by atoms with E-state index in [9.17, 15) is 18.0 Å². The number of benzene rings is 1. The number of nitrogens with zero attached hydrogens (tertiary/aromatic N) is 1. The lowest BCUT2D eigenvalue weighted by molar-refractivity contribution is -0.154. The van der Waals surface area contributed by atoms with Gasteiger partial charge in [-0.05, 0) is 24.6 Å². The summed E-state index contributed by atoms with van der Waals surface area (Å²) in [6.07, 6.45) is -4.65. The van der Waals surface area contributed by atoms with Crippen LogP contribution in [0.3, 0.4) is 0 Å². The molecule has 0 radical (unpaired) electrons. The lowest BCUT2D eigenvalue weighted by Gasteiger charge is -2.06. The Morgan fingerprint density at radius 2 is 2.11 bits per heavy atom. The quantitative estimate of drug-likeness (QED) is 0.900. The fraction of sp³-hybridized carbons (Fsp3) is 0.273. The molecule has 2 rings (SSSR count). The molecule has 7 heteroatoms. The zero-order valence-corrected chi connectivity index (χ0v) is 9.15. The topological polar surface area (TPSA) is 63.3 Å². The van der Waals surface area contributed by atoms with Crippen molar-refractivity contribution in [3.05, 3.63) is 29.5 Å². The monoisotopic (exact) mass is 259 g/mol. The van der Waals surface area contributed by atoms with Crippen LogP contribution in [0.15, 0.2) is 22.7 Å². The SMILES string of the molecule is CC(C(=O)O)c1ccc2noc(C(F)(F)F)c2c1. The number of halogens is 3. The zero-order chi connectivity index (χ0) is 13.5. The summed E-state index contributed by atoms with van der Waals surface area (Å²) in [6, 6.07) is 3.88. The highest BCUT2D eigenvalue weighted by atomic mass is 19.4. The van der Waals surface area contributed by atoms with Gasteiger partial charge >= 0.3 is 12.1 Å². The summed E-state index contributed by atoms with van der Waals surface area (Å²) in [6.45, 7) is 1.39. The molecule has 0 aliphatic carbocycles. The molecule has 2 aromatic rings. The number of carbonyl (C=O) groups is 1. The second kappa shape index (κ2) is 4.01. The number of aromatic nitrogens is 1. The normalized spacial score (nSPS) is 13.8. The maximum Gasteiger partial charge on any atom is 0.453 e. The average Bonchev–Trinajstić information content (AvgIpc) is 2.69. The first kappa shape index (κ1) is 12.4. The van der Waals surface area contributed by atoms with Gasteiger partial charge in [0.1, 0.15) is 5.52 Å². The summed E-state index contributed by atoms with van der Waals surface area (Å²) in [5.74, 6) is -3.22. The van der Waals surface area contributed by atoms with Gasteiger partial charge in [-0.15, -0.1) is 0 Å². The molecular formula is C11H8F3NO3. The van der Waals surface area contributed by atoms with Crippen LogP contribution in [0.1, 0.15) is 24.2 Å². The molecule has 0 aliphatic rings. The van der Waals surface area contributed by atoms with E-state index >= 15 is 0 Å². The smallest absolute Gasteiger partial charge is 0.453 e. The number of carboxylic acids is 1. The molecule has 96 valence electrons. The minimum atomic E-state index is -4.65. The van der Waals surface area contributed by atoms with Crippen LogP contribution < -0.4 is 0 Å². The summed E-state index contributed by atoms with van der Waals surface area (Å²) in [5.41, 5.74) is 0.312. The highest BCUT2D eigenvalue weighted by Crippen LogP contribution is 2.35. The van der Waals surface area contributed by atoms with E-state index in [0.29, 0.717) is 0 Å². The van der Waals surface area contributed by atoms with Gasteiger partial charge in [-0.25, -0.2) is 0 Å². The van der Waals surface area contributed by atoms with Gasteiger partial charge in [0.05, 0.1) is 11.3 Å². The van der Waals surface area contributed by atoms with E-state index in [1.165, 1.54) is 19.1 Å². The van der Waals surface area contributed by atoms with Gasteiger partial charge in [0.2, 0.25) is 5.76 Å². The maximum atomic E-state index is 12.6. The molecule has 18 heavy (non-hydrogen) atoms. The molecule has 0 saturated carbocycles. The molecule has 1 heterocycles. The van der Waals surface area contributed by atoms with Gasteiger partial charge in [-0.2, -0.15) is 13.2 Å². The number of carboxylic acid groups (broad SMARTS) is 1. The molecule has 0 amide bonds. The third-order valence-electron chi connectivity index (χ3n) is 2.63. The Kier molecular flexibility index (Phi) is 2.76. The third kappa shape index (κ3) is 2.03. The van der Waals surface area contributed by atoms with E-state index in [4.69, 9.17) is 5.11 Å². The number of alkyl halides is 3. The van der Waals surface area contributed by atoms with Crippen molar-refractivity contribution in [3.63, 3.8) is 0 Å². The molecule has 1 aromatic heterocycles. The number of hydrogen-bond donors (Lipinski definition) is 1. The Morgan fingerprint density at radius 3 is 2.67 bits per heavy atom. The van der Waals surface area contributed by atoms with Crippen LogP contribution in [0.4, 0.5) is 13.2 Å². The number of rotatable bonds is 2. The van der Waals surface area contributed by atoms with E-state index in [0.717, 1.165) is 6.07 Å². The first-order valence-electron chi connectivity index (χ1n) is 5.00. The average molecular weight is 259 g/mol. The summed E-state index contributed by atoms with van der Waals surface area (Å²) in [5, 5.41) is 11.9. The van der Waals surface area contributed by atoms with Crippen LogP contribution in [-0.2, 0) is 11.0 Å². The fourth-order valence-corrected chi connectivity index (χ4v) is 1.58. The van der Waals surface area contributed by atoms with Gasteiger partial charge in [-0.1, -0.05) is 11.2 Å². The minimum Gasteiger partial charge on any atom is -0.481 e. The molecule has 0 saturated heterocycles. The molecule has 0 bridgehead atoms. The Balaban J connectivity index is 2.59. The summed E-state index contributed by atoms with van der Waals surface area (Å²) in [4.78, 5) is 10.8. The molecule has 1 atom stereocenters. The summed E-state index contributed by atoms with van der Waals surface area (Å²) in [7, 11) is 0. The first-order valence-corrected chi connectivity index (χ1v) is 5.00. The first-order chi connectivity index (χ1) is 8.30. The van der Waals surface area contributed by atoms with Gasteiger partial charge in [0.15, 0.2) is 0 Å². The molecule has 4 nitrogen and oxygen atoms in total. The van der Waals surface area contributed by atoms with Crippen molar-refractivity contribution < 1.29 is 27.6 Å². The second-order valence-electron chi connectivity index (χ2n) is 3.85. The number of fused-ring (bicyclic) bond motifs is 1. The minimum absolute atomic E-state index is 0.0451. The van der Waals surface area contributed by atoms with Gasteiger partial charge in [-0.3, -0.25) is 4.79 Å². The lowest BCUT2D eigenvalue weighted by Crippen LogP contribution is -2.07. The Bertz CT molecular complexity index is 603. The van der Waals surface area contributed by atoms with Crippen LogP contribution in [0.5, 0.6) is 0 Å². The van der Waals surface area contributed by atoms with Gasteiger partial charge < -0.3 is 9.63 Å². The molecule has 0 spiro atoms.